The molecule has 1 saturated carbocycles. The van der Waals surface area contributed by atoms with Gasteiger partial charge in [0.05, 0.1) is 28.1 Å². The van der Waals surface area contributed by atoms with Crippen LogP contribution in [0.1, 0.15) is 50.9 Å². The van der Waals surface area contributed by atoms with Gasteiger partial charge in [-0.2, -0.15) is 5.10 Å². The van der Waals surface area contributed by atoms with Gasteiger partial charge in [-0.1, -0.05) is 18.5 Å². The number of aromatic nitrogens is 2. The minimum atomic E-state index is -0.670. The first-order valence-electron chi connectivity index (χ1n) is 7.52. The Labute approximate surface area is 126 Å². The highest BCUT2D eigenvalue weighted by atomic mass is 35.5. The number of halogens is 1. The zero-order chi connectivity index (χ0) is 14.8. The van der Waals surface area contributed by atoms with Crippen molar-refractivity contribution in [3.8, 4) is 0 Å². The first-order chi connectivity index (χ1) is 9.53. The Bertz CT molecular complexity index is 451. The van der Waals surface area contributed by atoms with Gasteiger partial charge in [0.15, 0.2) is 0 Å². The minimum absolute atomic E-state index is 0.285. The van der Waals surface area contributed by atoms with Gasteiger partial charge < -0.3 is 9.84 Å². The average Bonchev–Trinajstić information content (AvgIpc) is 2.76. The zero-order valence-corrected chi connectivity index (χ0v) is 13.4. The summed E-state index contributed by atoms with van der Waals surface area (Å²) in [5.41, 5.74) is 1.23. The number of hydrogen-bond acceptors (Lipinski definition) is 3. The molecule has 0 aromatic carbocycles. The molecule has 4 nitrogen and oxygen atoms in total. The highest BCUT2D eigenvalue weighted by Gasteiger charge is 2.35. The summed E-state index contributed by atoms with van der Waals surface area (Å²) >= 11 is 6.43. The summed E-state index contributed by atoms with van der Waals surface area (Å²) in [5.74, 6) is 0. The molecule has 0 bridgehead atoms. The van der Waals surface area contributed by atoms with E-state index >= 15 is 0 Å². The van der Waals surface area contributed by atoms with Crippen LogP contribution in [0.2, 0.25) is 5.02 Å². The lowest BCUT2D eigenvalue weighted by Crippen LogP contribution is -2.39. The molecule has 1 aliphatic rings. The van der Waals surface area contributed by atoms with Crippen LogP contribution < -0.4 is 0 Å². The van der Waals surface area contributed by atoms with Gasteiger partial charge in [0.25, 0.3) is 0 Å². The van der Waals surface area contributed by atoms with Gasteiger partial charge in [-0.15, -0.1) is 0 Å². The lowest BCUT2D eigenvalue weighted by Gasteiger charge is -2.35. The summed E-state index contributed by atoms with van der Waals surface area (Å²) in [6.07, 6.45) is 5.03. The van der Waals surface area contributed by atoms with Gasteiger partial charge in [-0.05, 0) is 39.0 Å². The van der Waals surface area contributed by atoms with Crippen LogP contribution in [0.4, 0.5) is 0 Å². The fourth-order valence-electron chi connectivity index (χ4n) is 3.04. The van der Waals surface area contributed by atoms with Crippen molar-refractivity contribution in [2.24, 2.45) is 0 Å². The third-order valence-corrected chi connectivity index (χ3v) is 4.82. The number of aliphatic hydroxyl groups is 1. The molecule has 0 atom stereocenters. The maximum absolute atomic E-state index is 10.8. The predicted octanol–water partition coefficient (Wildman–Crippen LogP) is 2.98. The van der Waals surface area contributed by atoms with E-state index in [0.29, 0.717) is 6.42 Å². The second-order valence-electron chi connectivity index (χ2n) is 5.71. The summed E-state index contributed by atoms with van der Waals surface area (Å²) in [6.45, 7) is 4.89. The Morgan fingerprint density at radius 2 is 2.05 bits per heavy atom. The molecule has 5 heteroatoms. The number of nitrogens with zero attached hydrogens (tertiary/aromatic N) is 2. The number of aryl methyl sites for hydroxylation is 2. The average molecular weight is 301 g/mol. The van der Waals surface area contributed by atoms with Gasteiger partial charge in [-0.25, -0.2) is 0 Å². The molecular weight excluding hydrogens is 276 g/mol. The largest absolute Gasteiger partial charge is 0.389 e. The van der Waals surface area contributed by atoms with Crippen LogP contribution in [0.5, 0.6) is 0 Å². The molecule has 1 heterocycles. The number of rotatable bonds is 5. The van der Waals surface area contributed by atoms with E-state index in [2.05, 4.69) is 18.9 Å². The van der Waals surface area contributed by atoms with Crippen LogP contribution >= 0.6 is 11.6 Å². The fourth-order valence-corrected chi connectivity index (χ4v) is 3.37. The van der Waals surface area contributed by atoms with E-state index in [-0.39, 0.29) is 6.10 Å². The topological polar surface area (TPSA) is 47.3 Å². The molecule has 0 spiro atoms. The number of methoxy groups -OCH3 is 1. The molecule has 0 radical (unpaired) electrons. The zero-order valence-electron chi connectivity index (χ0n) is 12.7. The molecule has 1 fully saturated rings. The van der Waals surface area contributed by atoms with E-state index in [1.807, 2.05) is 4.68 Å². The van der Waals surface area contributed by atoms with Crippen molar-refractivity contribution in [2.75, 3.05) is 7.11 Å². The summed E-state index contributed by atoms with van der Waals surface area (Å²) in [4.78, 5) is 0. The Morgan fingerprint density at radius 1 is 1.40 bits per heavy atom. The summed E-state index contributed by atoms with van der Waals surface area (Å²) in [5, 5.41) is 16.1. The quantitative estimate of drug-likeness (QED) is 0.909. The van der Waals surface area contributed by atoms with Crippen LogP contribution in [0, 0.1) is 0 Å². The smallest absolute Gasteiger partial charge is 0.0850 e. The van der Waals surface area contributed by atoms with E-state index in [9.17, 15) is 5.11 Å². The molecule has 0 unspecified atom stereocenters. The number of ether oxygens (including phenoxy) is 1. The van der Waals surface area contributed by atoms with E-state index in [1.54, 1.807) is 7.11 Å². The SMILES string of the molecule is CCc1nn(CC)c(CC2(O)CCC(OC)CC2)c1Cl. The van der Waals surface area contributed by atoms with E-state index in [4.69, 9.17) is 16.3 Å². The maximum atomic E-state index is 10.8. The Hall–Kier alpha value is -0.580. The summed E-state index contributed by atoms with van der Waals surface area (Å²) in [7, 11) is 1.74. The van der Waals surface area contributed by atoms with Crippen molar-refractivity contribution in [2.45, 2.75) is 70.6 Å². The Kier molecular flexibility index (Phi) is 5.10. The molecule has 114 valence electrons. The minimum Gasteiger partial charge on any atom is -0.389 e. The van der Waals surface area contributed by atoms with Crippen LogP contribution in [0.25, 0.3) is 0 Å². The van der Waals surface area contributed by atoms with Gasteiger partial charge in [-0.3, -0.25) is 4.68 Å². The van der Waals surface area contributed by atoms with Crippen molar-refractivity contribution >= 4 is 11.6 Å². The molecule has 1 N–H and O–H groups in total. The van der Waals surface area contributed by atoms with E-state index in [0.717, 1.165) is 55.1 Å². The predicted molar refractivity (Wildman–Crippen MR) is 80.2 cm³/mol. The second kappa shape index (κ2) is 6.46. The van der Waals surface area contributed by atoms with Crippen molar-refractivity contribution in [3.63, 3.8) is 0 Å². The Balaban J connectivity index is 2.15. The standard InChI is InChI=1S/C15H25ClN2O2/c1-4-12-14(16)13(18(5-2)17-12)10-15(19)8-6-11(20-3)7-9-15/h11,19H,4-10H2,1-3H3. The van der Waals surface area contributed by atoms with E-state index in [1.165, 1.54) is 0 Å². The summed E-state index contributed by atoms with van der Waals surface area (Å²) in [6, 6.07) is 0. The highest BCUT2D eigenvalue weighted by Crippen LogP contribution is 2.35. The monoisotopic (exact) mass is 300 g/mol. The molecular formula is C15H25ClN2O2. The third-order valence-electron chi connectivity index (χ3n) is 4.39. The molecule has 20 heavy (non-hydrogen) atoms. The second-order valence-corrected chi connectivity index (χ2v) is 6.09. The van der Waals surface area contributed by atoms with Crippen LogP contribution in [-0.2, 0) is 24.1 Å². The highest BCUT2D eigenvalue weighted by molar-refractivity contribution is 6.31. The van der Waals surface area contributed by atoms with Gasteiger partial charge in [0.1, 0.15) is 0 Å². The molecule has 1 aliphatic carbocycles. The normalized spacial score (nSPS) is 26.9. The number of hydrogen-bond donors (Lipinski definition) is 1. The van der Waals surface area contributed by atoms with Crippen molar-refractivity contribution in [1.29, 1.82) is 0 Å². The van der Waals surface area contributed by atoms with Crippen molar-refractivity contribution in [1.82, 2.24) is 9.78 Å². The molecule has 2 rings (SSSR count). The first kappa shape index (κ1) is 15.8. The van der Waals surface area contributed by atoms with Crippen LogP contribution in [-0.4, -0.2) is 33.7 Å². The van der Waals surface area contributed by atoms with E-state index < -0.39 is 5.60 Å². The molecule has 0 amide bonds. The molecule has 0 saturated heterocycles. The van der Waals surface area contributed by atoms with Crippen LogP contribution in [0.3, 0.4) is 0 Å². The lowest BCUT2D eigenvalue weighted by atomic mass is 9.80. The molecule has 1 aromatic rings. The van der Waals surface area contributed by atoms with Gasteiger partial charge >= 0.3 is 0 Å². The van der Waals surface area contributed by atoms with Gasteiger partial charge in [0, 0.05) is 20.1 Å². The van der Waals surface area contributed by atoms with Crippen molar-refractivity contribution < 1.29 is 9.84 Å². The maximum Gasteiger partial charge on any atom is 0.0850 e. The molecule has 0 aliphatic heterocycles. The van der Waals surface area contributed by atoms with Crippen LogP contribution in [0.15, 0.2) is 0 Å². The third kappa shape index (κ3) is 3.18. The fraction of sp³-hybridized carbons (Fsp3) is 0.800. The van der Waals surface area contributed by atoms with Gasteiger partial charge in [0.2, 0.25) is 0 Å². The Morgan fingerprint density at radius 3 is 2.55 bits per heavy atom. The van der Waals surface area contributed by atoms with Crippen molar-refractivity contribution in [3.05, 3.63) is 16.4 Å². The molecule has 1 aromatic heterocycles. The summed E-state index contributed by atoms with van der Waals surface area (Å²) < 4.78 is 7.30. The lowest BCUT2D eigenvalue weighted by molar-refractivity contribution is -0.0437. The first-order valence-corrected chi connectivity index (χ1v) is 7.90.